The summed E-state index contributed by atoms with van der Waals surface area (Å²) < 4.78 is 0. The van der Waals surface area contributed by atoms with E-state index in [2.05, 4.69) is 16.7 Å². The summed E-state index contributed by atoms with van der Waals surface area (Å²) in [5.41, 5.74) is 5.64. The predicted octanol–water partition coefficient (Wildman–Crippen LogP) is 1.73. The minimum absolute atomic E-state index is 0. The van der Waals surface area contributed by atoms with Gasteiger partial charge in [-0.15, -0.1) is 12.4 Å². The standard InChI is InChI=1S/C15H29N3O.ClH/c1-13-5-9-18(10-6-13)15(19)12-17-8-2-3-14(11-17)4-7-16;/h13-14H,2-12,16H2,1H3;1H. The van der Waals surface area contributed by atoms with Crippen LogP contribution in [0.5, 0.6) is 0 Å². The van der Waals surface area contributed by atoms with Crippen LogP contribution in [-0.4, -0.2) is 55.0 Å². The molecule has 2 N–H and O–H groups in total. The van der Waals surface area contributed by atoms with Crippen LogP contribution in [0.4, 0.5) is 0 Å². The lowest BCUT2D eigenvalue weighted by molar-refractivity contribution is -0.134. The number of halogens is 1. The monoisotopic (exact) mass is 303 g/mol. The van der Waals surface area contributed by atoms with Gasteiger partial charge in [0.2, 0.25) is 5.91 Å². The molecule has 0 aliphatic carbocycles. The maximum Gasteiger partial charge on any atom is 0.236 e. The molecule has 1 atom stereocenters. The number of nitrogens with two attached hydrogens (primary N) is 1. The van der Waals surface area contributed by atoms with E-state index < -0.39 is 0 Å². The van der Waals surface area contributed by atoms with Gasteiger partial charge in [-0.1, -0.05) is 6.92 Å². The zero-order valence-electron chi connectivity index (χ0n) is 12.7. The Kier molecular flexibility index (Phi) is 7.85. The summed E-state index contributed by atoms with van der Waals surface area (Å²) in [5.74, 6) is 1.82. The molecule has 2 saturated heterocycles. The van der Waals surface area contributed by atoms with Crippen molar-refractivity contribution in [2.45, 2.75) is 39.0 Å². The summed E-state index contributed by atoms with van der Waals surface area (Å²) in [6, 6.07) is 0. The second kappa shape index (κ2) is 8.85. The van der Waals surface area contributed by atoms with Crippen LogP contribution in [0.15, 0.2) is 0 Å². The first-order valence-electron chi connectivity index (χ1n) is 7.89. The lowest BCUT2D eigenvalue weighted by Gasteiger charge is -2.35. The van der Waals surface area contributed by atoms with E-state index in [9.17, 15) is 4.79 Å². The van der Waals surface area contributed by atoms with Crippen molar-refractivity contribution >= 4 is 18.3 Å². The van der Waals surface area contributed by atoms with Crippen molar-refractivity contribution in [3.8, 4) is 0 Å². The van der Waals surface area contributed by atoms with E-state index in [-0.39, 0.29) is 12.4 Å². The Morgan fingerprint density at radius 1 is 1.20 bits per heavy atom. The van der Waals surface area contributed by atoms with Gasteiger partial charge >= 0.3 is 0 Å². The van der Waals surface area contributed by atoms with Gasteiger partial charge in [-0.3, -0.25) is 9.69 Å². The summed E-state index contributed by atoms with van der Waals surface area (Å²) in [5, 5.41) is 0. The minimum atomic E-state index is 0. The van der Waals surface area contributed by atoms with Gasteiger partial charge in [-0.2, -0.15) is 0 Å². The van der Waals surface area contributed by atoms with Crippen LogP contribution >= 0.6 is 12.4 Å². The molecule has 1 amide bonds. The summed E-state index contributed by atoms with van der Waals surface area (Å²) in [6.07, 6.45) is 5.94. The fourth-order valence-corrected chi connectivity index (χ4v) is 3.32. The molecule has 1 unspecified atom stereocenters. The quantitative estimate of drug-likeness (QED) is 0.860. The molecule has 2 rings (SSSR count). The minimum Gasteiger partial charge on any atom is -0.342 e. The molecule has 0 radical (unpaired) electrons. The number of carbonyl (C=O) groups excluding carboxylic acids is 1. The van der Waals surface area contributed by atoms with E-state index in [1.165, 1.54) is 25.7 Å². The van der Waals surface area contributed by atoms with Crippen LogP contribution in [0.1, 0.15) is 39.0 Å². The summed E-state index contributed by atoms with van der Waals surface area (Å²) in [7, 11) is 0. The van der Waals surface area contributed by atoms with Gasteiger partial charge in [0, 0.05) is 19.6 Å². The van der Waals surface area contributed by atoms with Gasteiger partial charge in [-0.25, -0.2) is 0 Å². The van der Waals surface area contributed by atoms with E-state index in [1.54, 1.807) is 0 Å². The molecule has 4 nitrogen and oxygen atoms in total. The molecular weight excluding hydrogens is 274 g/mol. The number of hydrogen-bond donors (Lipinski definition) is 1. The SMILES string of the molecule is CC1CCN(C(=O)CN2CCCC(CCN)C2)CC1.Cl. The maximum atomic E-state index is 12.3. The zero-order valence-corrected chi connectivity index (χ0v) is 13.5. The number of hydrogen-bond acceptors (Lipinski definition) is 3. The van der Waals surface area contributed by atoms with Gasteiger partial charge in [0.1, 0.15) is 0 Å². The molecule has 118 valence electrons. The number of carbonyl (C=O) groups is 1. The fourth-order valence-electron chi connectivity index (χ4n) is 3.32. The van der Waals surface area contributed by atoms with Gasteiger partial charge in [0.15, 0.2) is 0 Å². The predicted molar refractivity (Wildman–Crippen MR) is 85.1 cm³/mol. The van der Waals surface area contributed by atoms with E-state index in [0.717, 1.165) is 45.1 Å². The van der Waals surface area contributed by atoms with Crippen molar-refractivity contribution in [3.63, 3.8) is 0 Å². The summed E-state index contributed by atoms with van der Waals surface area (Å²) in [4.78, 5) is 16.7. The average molecular weight is 304 g/mol. The Hall–Kier alpha value is -0.320. The van der Waals surface area contributed by atoms with E-state index >= 15 is 0 Å². The van der Waals surface area contributed by atoms with Crippen LogP contribution < -0.4 is 5.73 Å². The number of amides is 1. The molecule has 0 aromatic rings. The van der Waals surface area contributed by atoms with Crippen molar-refractivity contribution in [1.82, 2.24) is 9.80 Å². The fraction of sp³-hybridized carbons (Fsp3) is 0.933. The lowest BCUT2D eigenvalue weighted by atomic mass is 9.95. The summed E-state index contributed by atoms with van der Waals surface area (Å²) in [6.45, 7) is 7.74. The van der Waals surface area contributed by atoms with E-state index in [1.807, 2.05) is 0 Å². The van der Waals surface area contributed by atoms with Crippen LogP contribution in [0, 0.1) is 11.8 Å². The number of likely N-dealkylation sites (tertiary alicyclic amines) is 2. The Bertz CT molecular complexity index is 291. The molecule has 2 fully saturated rings. The van der Waals surface area contributed by atoms with Crippen molar-refractivity contribution < 1.29 is 4.79 Å². The van der Waals surface area contributed by atoms with Crippen LogP contribution in [0.25, 0.3) is 0 Å². The molecule has 0 aromatic heterocycles. The Morgan fingerprint density at radius 2 is 1.90 bits per heavy atom. The highest BCUT2D eigenvalue weighted by molar-refractivity contribution is 5.85. The molecule has 2 aliphatic rings. The number of nitrogens with zero attached hydrogens (tertiary/aromatic N) is 2. The van der Waals surface area contributed by atoms with Crippen molar-refractivity contribution in [3.05, 3.63) is 0 Å². The van der Waals surface area contributed by atoms with Gasteiger partial charge in [0.05, 0.1) is 6.54 Å². The third-order valence-corrected chi connectivity index (χ3v) is 4.67. The molecule has 5 heteroatoms. The second-order valence-electron chi connectivity index (χ2n) is 6.38. The molecule has 0 aromatic carbocycles. The third kappa shape index (κ3) is 5.23. The topological polar surface area (TPSA) is 49.6 Å². The third-order valence-electron chi connectivity index (χ3n) is 4.67. The first-order valence-corrected chi connectivity index (χ1v) is 7.89. The van der Waals surface area contributed by atoms with Gasteiger partial charge in [0.25, 0.3) is 0 Å². The Balaban J connectivity index is 0.00000200. The van der Waals surface area contributed by atoms with Gasteiger partial charge in [-0.05, 0) is 57.0 Å². The van der Waals surface area contributed by atoms with Crippen molar-refractivity contribution in [2.24, 2.45) is 17.6 Å². The van der Waals surface area contributed by atoms with Crippen LogP contribution in [-0.2, 0) is 4.79 Å². The van der Waals surface area contributed by atoms with Crippen molar-refractivity contribution in [1.29, 1.82) is 0 Å². The number of rotatable bonds is 4. The molecule has 0 saturated carbocycles. The Labute approximate surface area is 129 Å². The van der Waals surface area contributed by atoms with Crippen molar-refractivity contribution in [2.75, 3.05) is 39.3 Å². The number of piperidine rings is 2. The van der Waals surface area contributed by atoms with Crippen LogP contribution in [0.2, 0.25) is 0 Å². The first-order chi connectivity index (χ1) is 9.19. The smallest absolute Gasteiger partial charge is 0.236 e. The highest BCUT2D eigenvalue weighted by atomic mass is 35.5. The van der Waals surface area contributed by atoms with E-state index in [4.69, 9.17) is 5.73 Å². The molecule has 20 heavy (non-hydrogen) atoms. The van der Waals surface area contributed by atoms with Crippen LogP contribution in [0.3, 0.4) is 0 Å². The molecule has 0 bridgehead atoms. The largest absolute Gasteiger partial charge is 0.342 e. The Morgan fingerprint density at radius 3 is 2.55 bits per heavy atom. The lowest BCUT2D eigenvalue weighted by Crippen LogP contribution is -2.46. The zero-order chi connectivity index (χ0) is 13.7. The average Bonchev–Trinajstić information content (AvgIpc) is 2.40. The highest BCUT2D eigenvalue weighted by Gasteiger charge is 2.25. The summed E-state index contributed by atoms with van der Waals surface area (Å²) >= 11 is 0. The second-order valence-corrected chi connectivity index (χ2v) is 6.38. The molecule has 2 aliphatic heterocycles. The molecular formula is C15H30ClN3O. The normalized spacial score (nSPS) is 25.3. The maximum absolute atomic E-state index is 12.3. The van der Waals surface area contributed by atoms with E-state index in [0.29, 0.717) is 18.4 Å². The van der Waals surface area contributed by atoms with Gasteiger partial charge < -0.3 is 10.6 Å². The molecule has 2 heterocycles. The first kappa shape index (κ1) is 17.7. The molecule has 0 spiro atoms. The highest BCUT2D eigenvalue weighted by Crippen LogP contribution is 2.20.